The van der Waals surface area contributed by atoms with E-state index in [4.69, 9.17) is 16.8 Å². The number of rotatable bonds is 3. The fraction of sp³-hybridized carbons (Fsp3) is 0. The minimum atomic E-state index is -0.864. The number of hydrogen-bond donors (Lipinski definition) is 0. The third kappa shape index (κ3) is 3.72. The van der Waals surface area contributed by atoms with Gasteiger partial charge < -0.3 is 4.42 Å². The summed E-state index contributed by atoms with van der Waals surface area (Å²) < 4.78 is 177. The van der Waals surface area contributed by atoms with Crippen LogP contribution in [0.2, 0.25) is 0 Å². The molecular formula is C42H26O. The molecule has 0 aliphatic carbocycles. The molecule has 0 bridgehead atoms. The lowest BCUT2D eigenvalue weighted by atomic mass is 9.85. The number of furan rings is 1. The Morgan fingerprint density at radius 3 is 1.70 bits per heavy atom. The van der Waals surface area contributed by atoms with Gasteiger partial charge in [-0.2, -0.15) is 0 Å². The first-order chi connectivity index (χ1) is 29.3. The number of para-hydroxylation sites is 1. The summed E-state index contributed by atoms with van der Waals surface area (Å²) in [7, 11) is 0. The zero-order valence-electron chi connectivity index (χ0n) is 40.9. The molecule has 0 aliphatic heterocycles. The van der Waals surface area contributed by atoms with Crippen LogP contribution < -0.4 is 0 Å². The van der Waals surface area contributed by atoms with E-state index in [2.05, 4.69) is 0 Å². The standard InChI is InChI=1S/C42H26O/c1-2-11-30-26-31(25-20-27(30)10-1)41-35-14-5-3-12-33(35)40(34-13-4-6-15-36(34)41)29-23-21-28(22-24-29)32-17-9-19-39-42(32)37-16-7-8-18-38(37)43-39/h1-26H/i1D,2D,3D,4D,5D,6D,10D,11D,12D,13D,14D,15D,20D,21D,22D,23D,24D,25D,26D. The van der Waals surface area contributed by atoms with Crippen LogP contribution in [0, 0.1) is 0 Å². The maximum atomic E-state index is 9.52. The van der Waals surface area contributed by atoms with E-state index in [-0.39, 0.29) is 11.1 Å². The summed E-state index contributed by atoms with van der Waals surface area (Å²) in [4.78, 5) is 0. The minimum Gasteiger partial charge on any atom is -0.456 e. The Hall–Kier alpha value is -5.66. The molecule has 0 aliphatic rings. The van der Waals surface area contributed by atoms with Crippen molar-refractivity contribution in [2.24, 2.45) is 0 Å². The Morgan fingerprint density at radius 1 is 0.419 bits per heavy atom. The van der Waals surface area contributed by atoms with Crippen molar-refractivity contribution in [1.29, 1.82) is 0 Å². The molecule has 0 radical (unpaired) electrons. The van der Waals surface area contributed by atoms with Gasteiger partial charge in [0.2, 0.25) is 0 Å². The lowest BCUT2D eigenvalue weighted by Crippen LogP contribution is -1.91. The molecule has 0 fully saturated rings. The summed E-state index contributed by atoms with van der Waals surface area (Å²) in [5.74, 6) is 0. The van der Waals surface area contributed by atoms with Crippen LogP contribution in [0.3, 0.4) is 0 Å². The molecule has 1 nitrogen and oxygen atoms in total. The van der Waals surface area contributed by atoms with Crippen molar-refractivity contribution in [3.63, 3.8) is 0 Å². The van der Waals surface area contributed by atoms with Gasteiger partial charge in [-0.25, -0.2) is 0 Å². The lowest BCUT2D eigenvalue weighted by molar-refractivity contribution is 0.669. The highest BCUT2D eigenvalue weighted by Gasteiger charge is 2.17. The van der Waals surface area contributed by atoms with Gasteiger partial charge in [-0.15, -0.1) is 0 Å². The summed E-state index contributed by atoms with van der Waals surface area (Å²) in [6, 6.07) is -3.05. The Kier molecular flexibility index (Phi) is 2.61. The van der Waals surface area contributed by atoms with E-state index < -0.39 is 169 Å². The van der Waals surface area contributed by atoms with Crippen LogP contribution in [0.15, 0.2) is 162 Å². The van der Waals surface area contributed by atoms with Gasteiger partial charge in [0.1, 0.15) is 11.2 Å². The molecule has 1 heterocycles. The Morgan fingerprint density at radius 2 is 0.977 bits per heavy atom. The molecule has 1 aromatic heterocycles. The van der Waals surface area contributed by atoms with Crippen LogP contribution in [0.4, 0.5) is 0 Å². The predicted molar refractivity (Wildman–Crippen MR) is 183 cm³/mol. The van der Waals surface area contributed by atoms with Crippen molar-refractivity contribution in [3.8, 4) is 33.4 Å². The summed E-state index contributed by atoms with van der Waals surface area (Å²) in [6.07, 6.45) is 0. The molecular weight excluding hydrogens is 520 g/mol. The highest BCUT2D eigenvalue weighted by Crippen LogP contribution is 2.45. The van der Waals surface area contributed by atoms with Crippen LogP contribution in [-0.2, 0) is 0 Å². The van der Waals surface area contributed by atoms with E-state index in [1.165, 1.54) is 0 Å². The molecule has 0 N–H and O–H groups in total. The number of hydrogen-bond acceptors (Lipinski definition) is 1. The first-order valence-corrected chi connectivity index (χ1v) is 13.2. The van der Waals surface area contributed by atoms with E-state index in [9.17, 15) is 13.7 Å². The van der Waals surface area contributed by atoms with Gasteiger partial charge in [-0.1, -0.05) is 139 Å². The molecule has 43 heavy (non-hydrogen) atoms. The van der Waals surface area contributed by atoms with Gasteiger partial charge >= 0.3 is 0 Å². The van der Waals surface area contributed by atoms with Crippen LogP contribution in [0.5, 0.6) is 0 Å². The average molecular weight is 566 g/mol. The summed E-state index contributed by atoms with van der Waals surface area (Å²) in [5, 5.41) is -2.16. The minimum absolute atomic E-state index is 0.156. The second-order valence-corrected chi connectivity index (χ2v) is 9.78. The summed E-state index contributed by atoms with van der Waals surface area (Å²) in [5.41, 5.74) is -1.32. The Bertz CT molecular complexity index is 3460. The van der Waals surface area contributed by atoms with Crippen LogP contribution in [-0.4, -0.2) is 0 Å². The van der Waals surface area contributed by atoms with Crippen molar-refractivity contribution in [2.45, 2.75) is 0 Å². The molecule has 8 aromatic carbocycles. The normalized spacial score (nSPS) is 17.9. The third-order valence-corrected chi connectivity index (χ3v) is 7.42. The van der Waals surface area contributed by atoms with Gasteiger partial charge in [0.05, 0.1) is 26.0 Å². The molecule has 0 atom stereocenters. The fourth-order valence-corrected chi connectivity index (χ4v) is 5.59. The van der Waals surface area contributed by atoms with E-state index in [1.54, 1.807) is 42.5 Å². The van der Waals surface area contributed by atoms with E-state index in [1.807, 2.05) is 0 Å². The van der Waals surface area contributed by atoms with Gasteiger partial charge in [0.25, 0.3) is 0 Å². The maximum Gasteiger partial charge on any atom is 0.136 e. The monoisotopic (exact) mass is 565 g/mol. The molecule has 0 amide bonds. The SMILES string of the molecule is [2H]c1c([2H])c(-c2cccc3oc4ccccc4c23)c([2H])c([2H])c1-c1c2c([2H])c([2H])c([2H])c([2H])c2c(-c2c([2H])c([2H])c3c([2H])c([2H])c([2H])c([2H])c3c2[2H])c2c([2H])c([2H])c([2H])c([2H])c12. The van der Waals surface area contributed by atoms with Crippen LogP contribution in [0.1, 0.15) is 26.0 Å². The Balaban J connectivity index is 1.55. The highest BCUT2D eigenvalue weighted by atomic mass is 16.3. The second-order valence-electron chi connectivity index (χ2n) is 9.78. The molecule has 200 valence electrons. The number of benzene rings is 8. The molecule has 9 rings (SSSR count). The van der Waals surface area contributed by atoms with Gasteiger partial charge in [0, 0.05) is 10.8 Å². The van der Waals surface area contributed by atoms with E-state index >= 15 is 0 Å². The van der Waals surface area contributed by atoms with E-state index in [0.29, 0.717) is 21.9 Å². The second kappa shape index (κ2) is 9.44. The topological polar surface area (TPSA) is 13.1 Å². The zero-order chi connectivity index (χ0) is 44.9. The van der Waals surface area contributed by atoms with Crippen molar-refractivity contribution >= 4 is 54.3 Å². The summed E-state index contributed by atoms with van der Waals surface area (Å²) in [6.45, 7) is 0. The van der Waals surface area contributed by atoms with Gasteiger partial charge in [-0.05, 0) is 83.9 Å². The third-order valence-electron chi connectivity index (χ3n) is 7.42. The molecule has 1 heteroatoms. The largest absolute Gasteiger partial charge is 0.456 e. The maximum absolute atomic E-state index is 9.52. The molecule has 0 spiro atoms. The predicted octanol–water partition coefficient (Wildman–Crippen LogP) is 12.0. The van der Waals surface area contributed by atoms with Crippen LogP contribution >= 0.6 is 0 Å². The van der Waals surface area contributed by atoms with Crippen LogP contribution in [0.25, 0.3) is 87.6 Å². The van der Waals surface area contributed by atoms with Crippen molar-refractivity contribution in [3.05, 3.63) is 157 Å². The highest BCUT2D eigenvalue weighted by molar-refractivity contribution is 6.22. The average Bonchev–Trinajstić information content (AvgIpc) is 3.64. The molecule has 0 saturated carbocycles. The zero-order valence-corrected chi connectivity index (χ0v) is 21.9. The van der Waals surface area contributed by atoms with Crippen molar-refractivity contribution < 1.29 is 30.5 Å². The van der Waals surface area contributed by atoms with Gasteiger partial charge in [0.15, 0.2) is 0 Å². The first-order valence-electron chi connectivity index (χ1n) is 22.7. The summed E-state index contributed by atoms with van der Waals surface area (Å²) >= 11 is 0. The van der Waals surface area contributed by atoms with E-state index in [0.717, 1.165) is 0 Å². The smallest absolute Gasteiger partial charge is 0.136 e. The van der Waals surface area contributed by atoms with Crippen molar-refractivity contribution in [2.75, 3.05) is 0 Å². The quantitative estimate of drug-likeness (QED) is 0.194. The van der Waals surface area contributed by atoms with Gasteiger partial charge in [-0.3, -0.25) is 0 Å². The molecule has 0 unspecified atom stereocenters. The van der Waals surface area contributed by atoms with Crippen molar-refractivity contribution in [1.82, 2.24) is 0 Å². The fourth-order valence-electron chi connectivity index (χ4n) is 5.59. The Labute approximate surface area is 275 Å². The lowest BCUT2D eigenvalue weighted by Gasteiger charge is -2.18. The molecule has 0 saturated heterocycles. The molecule has 9 aromatic rings. The first kappa shape index (κ1) is 11.9. The number of fused-ring (bicyclic) bond motifs is 6.